The van der Waals surface area contributed by atoms with E-state index in [2.05, 4.69) is 16.1 Å². The zero-order valence-corrected chi connectivity index (χ0v) is 23.4. The van der Waals surface area contributed by atoms with Crippen LogP contribution in [0, 0.1) is 22.1 Å². The van der Waals surface area contributed by atoms with Crippen LogP contribution in [0.2, 0.25) is 0 Å². The molecule has 15 heteroatoms. The van der Waals surface area contributed by atoms with Crippen molar-refractivity contribution in [3.63, 3.8) is 0 Å². The lowest BCUT2D eigenvalue weighted by atomic mass is 10.00. The van der Waals surface area contributed by atoms with Crippen molar-refractivity contribution in [2.75, 3.05) is 39.5 Å². The average molecular weight is 582 g/mol. The molecular formula is C27H39N11O4. The SMILES string of the molecule is N#Cc1ccc(-c2cccc(OCCN=C(N)N)c2OCCCC(=N)N)c(OCCN=C(N)N)c1OCCCC(=N)N. The van der Waals surface area contributed by atoms with Gasteiger partial charge in [0.1, 0.15) is 19.3 Å². The summed E-state index contributed by atoms with van der Waals surface area (Å²) in [5, 5.41) is 24.8. The number of nitriles is 1. The predicted molar refractivity (Wildman–Crippen MR) is 162 cm³/mol. The first-order valence-electron chi connectivity index (χ1n) is 13.1. The standard InChI is InChI=1S/C27H39N11O4/c28-16-17-8-9-19(25(42-15-11-38-27(35)36)23(17)40-12-2-6-21(29)30)18-4-1-5-20(39-14-10-37-26(33)34)24(18)41-13-3-7-22(31)32/h1,4-5,8-9H,2-3,6-7,10-15H2,(H3,29,30)(H3,31,32)(H4,33,34,37)(H4,35,36,38). The van der Waals surface area contributed by atoms with Gasteiger partial charge in [-0.15, -0.1) is 0 Å². The number of guanidine groups is 2. The Bertz CT molecular complexity index is 1310. The minimum absolute atomic E-state index is 0.0322. The summed E-state index contributed by atoms with van der Waals surface area (Å²) in [5.74, 6) is 1.24. The van der Waals surface area contributed by atoms with Crippen molar-refractivity contribution in [3.8, 4) is 40.2 Å². The van der Waals surface area contributed by atoms with Gasteiger partial charge in [-0.2, -0.15) is 5.26 Å². The van der Waals surface area contributed by atoms with Gasteiger partial charge in [0.2, 0.25) is 0 Å². The molecule has 0 spiro atoms. The lowest BCUT2D eigenvalue weighted by molar-refractivity contribution is 0.268. The molecule has 0 radical (unpaired) electrons. The Morgan fingerprint density at radius 3 is 1.74 bits per heavy atom. The molecule has 0 heterocycles. The minimum Gasteiger partial charge on any atom is -0.489 e. The lowest BCUT2D eigenvalue weighted by Gasteiger charge is -2.21. The van der Waals surface area contributed by atoms with Crippen LogP contribution in [0.5, 0.6) is 23.0 Å². The van der Waals surface area contributed by atoms with Crippen LogP contribution in [0.15, 0.2) is 40.3 Å². The van der Waals surface area contributed by atoms with E-state index in [9.17, 15) is 5.26 Å². The van der Waals surface area contributed by atoms with E-state index in [-0.39, 0.29) is 80.2 Å². The van der Waals surface area contributed by atoms with Gasteiger partial charge >= 0.3 is 0 Å². The number of rotatable bonds is 19. The molecule has 2 aromatic rings. The van der Waals surface area contributed by atoms with Gasteiger partial charge in [0.25, 0.3) is 0 Å². The summed E-state index contributed by atoms with van der Waals surface area (Å²) >= 11 is 0. The summed E-state index contributed by atoms with van der Waals surface area (Å²) in [5.41, 5.74) is 34.1. The van der Waals surface area contributed by atoms with Crippen LogP contribution in [0.3, 0.4) is 0 Å². The van der Waals surface area contributed by atoms with Crippen LogP contribution in [0.4, 0.5) is 0 Å². The second-order valence-electron chi connectivity index (χ2n) is 8.83. The van der Waals surface area contributed by atoms with Crippen molar-refractivity contribution >= 4 is 23.6 Å². The molecule has 15 nitrogen and oxygen atoms in total. The topological polar surface area (TPSA) is 289 Å². The number of benzene rings is 2. The van der Waals surface area contributed by atoms with Crippen LogP contribution < -0.4 is 53.3 Å². The molecule has 0 aliphatic carbocycles. The van der Waals surface area contributed by atoms with Gasteiger partial charge in [0.15, 0.2) is 34.9 Å². The molecule has 0 amide bonds. The molecule has 0 saturated carbocycles. The van der Waals surface area contributed by atoms with E-state index in [4.69, 9.17) is 64.2 Å². The number of hydrogen-bond acceptors (Lipinski definition) is 9. The molecule has 0 bridgehead atoms. The molecule has 0 aromatic heterocycles. The first-order valence-corrected chi connectivity index (χ1v) is 13.1. The molecule has 2 rings (SSSR count). The van der Waals surface area contributed by atoms with Gasteiger partial charge in [-0.3, -0.25) is 20.8 Å². The maximum Gasteiger partial charge on any atom is 0.186 e. The molecule has 0 aliphatic rings. The van der Waals surface area contributed by atoms with Gasteiger partial charge in [-0.1, -0.05) is 12.1 Å². The first kappa shape index (κ1) is 32.8. The molecular weight excluding hydrogens is 542 g/mol. The van der Waals surface area contributed by atoms with Crippen LogP contribution in [0.25, 0.3) is 11.1 Å². The Labute approximate surface area is 244 Å². The zero-order chi connectivity index (χ0) is 30.9. The Kier molecular flexibility index (Phi) is 13.5. The summed E-state index contributed by atoms with van der Waals surface area (Å²) in [6, 6.07) is 10.8. The van der Waals surface area contributed by atoms with E-state index < -0.39 is 0 Å². The third-order valence-electron chi connectivity index (χ3n) is 5.45. The normalized spacial score (nSPS) is 10.2. The maximum atomic E-state index is 9.84. The summed E-state index contributed by atoms with van der Waals surface area (Å²) in [6.45, 7) is 1.06. The van der Waals surface area contributed by atoms with E-state index in [0.717, 1.165) is 0 Å². The third kappa shape index (κ3) is 11.0. The Hall–Kier alpha value is -5.39. The maximum absolute atomic E-state index is 9.84. The second kappa shape index (κ2) is 17.3. The number of amidine groups is 2. The fraction of sp³-hybridized carbons (Fsp3) is 0.370. The van der Waals surface area contributed by atoms with Crippen LogP contribution >= 0.6 is 0 Å². The van der Waals surface area contributed by atoms with Gasteiger partial charge < -0.3 is 53.3 Å². The highest BCUT2D eigenvalue weighted by molar-refractivity contribution is 5.82. The zero-order valence-electron chi connectivity index (χ0n) is 23.4. The monoisotopic (exact) mass is 581 g/mol. The molecule has 0 unspecified atom stereocenters. The van der Waals surface area contributed by atoms with Crippen molar-refractivity contribution in [2.45, 2.75) is 25.7 Å². The van der Waals surface area contributed by atoms with E-state index in [1.165, 1.54) is 0 Å². The van der Waals surface area contributed by atoms with Crippen molar-refractivity contribution < 1.29 is 18.9 Å². The number of nitrogens with one attached hydrogen (secondary N) is 2. The number of aliphatic imine (C=N–C) groups is 2. The largest absolute Gasteiger partial charge is 0.489 e. The van der Waals surface area contributed by atoms with E-state index in [1.807, 2.05) is 6.07 Å². The highest BCUT2D eigenvalue weighted by Crippen LogP contribution is 2.46. The molecule has 226 valence electrons. The quantitative estimate of drug-likeness (QED) is 0.0649. The van der Waals surface area contributed by atoms with Gasteiger partial charge in [-0.05, 0) is 31.0 Å². The smallest absolute Gasteiger partial charge is 0.186 e. The Morgan fingerprint density at radius 1 is 0.667 bits per heavy atom. The Morgan fingerprint density at radius 2 is 1.19 bits per heavy atom. The molecule has 0 fully saturated rings. The van der Waals surface area contributed by atoms with Crippen molar-refractivity contribution in [2.24, 2.45) is 44.4 Å². The number of nitrogens with two attached hydrogens (primary N) is 6. The van der Waals surface area contributed by atoms with E-state index >= 15 is 0 Å². The van der Waals surface area contributed by atoms with Crippen LogP contribution in [-0.4, -0.2) is 63.1 Å². The van der Waals surface area contributed by atoms with Crippen molar-refractivity contribution in [1.82, 2.24) is 0 Å². The number of nitrogens with zero attached hydrogens (tertiary/aromatic N) is 3. The molecule has 42 heavy (non-hydrogen) atoms. The van der Waals surface area contributed by atoms with Crippen LogP contribution in [-0.2, 0) is 0 Å². The summed E-state index contributed by atoms with van der Waals surface area (Å²) in [7, 11) is 0. The van der Waals surface area contributed by atoms with Crippen LogP contribution in [0.1, 0.15) is 31.2 Å². The van der Waals surface area contributed by atoms with E-state index in [1.54, 1.807) is 24.3 Å². The summed E-state index contributed by atoms with van der Waals surface area (Å²) in [6.07, 6.45) is 1.65. The van der Waals surface area contributed by atoms with Crippen molar-refractivity contribution in [3.05, 3.63) is 35.9 Å². The highest BCUT2D eigenvalue weighted by atomic mass is 16.5. The molecule has 14 N–H and O–H groups in total. The average Bonchev–Trinajstić information content (AvgIpc) is 2.93. The Balaban J connectivity index is 2.59. The fourth-order valence-corrected chi connectivity index (χ4v) is 3.67. The lowest BCUT2D eigenvalue weighted by Crippen LogP contribution is -2.23. The summed E-state index contributed by atoms with van der Waals surface area (Å²) < 4.78 is 24.3. The number of hydrogen-bond donors (Lipinski definition) is 8. The van der Waals surface area contributed by atoms with Gasteiger partial charge in [-0.25, -0.2) is 0 Å². The predicted octanol–water partition coefficient (Wildman–Crippen LogP) is 0.720. The molecule has 0 saturated heterocycles. The second-order valence-corrected chi connectivity index (χ2v) is 8.83. The third-order valence-corrected chi connectivity index (χ3v) is 5.45. The number of ether oxygens (including phenoxy) is 4. The minimum atomic E-state index is -0.0860. The van der Waals surface area contributed by atoms with Crippen molar-refractivity contribution in [1.29, 1.82) is 16.1 Å². The molecule has 0 aliphatic heterocycles. The van der Waals surface area contributed by atoms with Gasteiger partial charge in [0.05, 0.1) is 43.5 Å². The van der Waals surface area contributed by atoms with E-state index in [0.29, 0.717) is 48.3 Å². The molecule has 2 aromatic carbocycles. The fourth-order valence-electron chi connectivity index (χ4n) is 3.67. The highest BCUT2D eigenvalue weighted by Gasteiger charge is 2.22. The number of para-hydroxylation sites is 1. The molecule has 0 atom stereocenters. The first-order chi connectivity index (χ1) is 20.1. The summed E-state index contributed by atoms with van der Waals surface area (Å²) in [4.78, 5) is 7.90. The van der Waals surface area contributed by atoms with Gasteiger partial charge in [0, 0.05) is 24.0 Å².